The van der Waals surface area contributed by atoms with Crippen LogP contribution in [0.2, 0.25) is 0 Å². The normalized spacial score (nSPS) is 11.6. The smallest absolute Gasteiger partial charge is 0.233 e. The van der Waals surface area contributed by atoms with Crippen LogP contribution in [0.3, 0.4) is 0 Å². The molecule has 10 heteroatoms. The van der Waals surface area contributed by atoms with E-state index < -0.39 is 32.9 Å². The fourth-order valence-corrected chi connectivity index (χ4v) is 3.25. The van der Waals surface area contributed by atoms with Gasteiger partial charge in [-0.15, -0.1) is 0 Å². The van der Waals surface area contributed by atoms with Crippen LogP contribution in [-0.4, -0.2) is 18.2 Å². The summed E-state index contributed by atoms with van der Waals surface area (Å²) in [6.07, 6.45) is -2.88. The highest BCUT2D eigenvalue weighted by Crippen LogP contribution is 2.30. The van der Waals surface area contributed by atoms with Crippen LogP contribution in [0.4, 0.5) is 13.2 Å². The van der Waals surface area contributed by atoms with Gasteiger partial charge in [-0.3, -0.25) is 0 Å². The van der Waals surface area contributed by atoms with Gasteiger partial charge in [-0.05, 0) is 42.8 Å². The fraction of sp³-hybridized carbons (Fsp3) is 0.111. The number of primary sulfonamides is 1. The van der Waals surface area contributed by atoms with Gasteiger partial charge in [-0.25, -0.2) is 31.4 Å². The number of nitrogens with two attached hydrogens (primary N) is 1. The van der Waals surface area contributed by atoms with E-state index in [-0.39, 0.29) is 11.3 Å². The minimum Gasteiger partial charge on any atom is -0.233 e. The molecule has 0 atom stereocenters. The Labute approximate surface area is 158 Å². The van der Waals surface area contributed by atoms with Crippen LogP contribution in [0, 0.1) is 24.1 Å². The van der Waals surface area contributed by atoms with E-state index in [2.05, 4.69) is 5.10 Å². The quantitative estimate of drug-likeness (QED) is 0.717. The molecule has 0 unspecified atom stereocenters. The second-order valence-electron chi connectivity index (χ2n) is 5.97. The lowest BCUT2D eigenvalue weighted by molar-refractivity contribution is 0.145. The van der Waals surface area contributed by atoms with Gasteiger partial charge in [0, 0.05) is 5.56 Å². The molecule has 0 saturated heterocycles. The van der Waals surface area contributed by atoms with Gasteiger partial charge >= 0.3 is 0 Å². The summed E-state index contributed by atoms with van der Waals surface area (Å²) in [5.74, 6) is -1.12. The first-order valence-electron chi connectivity index (χ1n) is 7.84. The zero-order chi connectivity index (χ0) is 20.6. The standard InChI is InChI=1S/C18H13F3N4O2S/c1-10-2-4-13(6-12(10)9-22)25-16(8-15(24-25)18(20)21)11-3-5-17(14(19)7-11)28(23,26)27/h2-8,18H,1H3,(H2,23,26,27). The summed E-state index contributed by atoms with van der Waals surface area (Å²) in [5.41, 5.74) is 1.00. The van der Waals surface area contributed by atoms with Crippen LogP contribution >= 0.6 is 0 Å². The van der Waals surface area contributed by atoms with Crippen LogP contribution in [0.25, 0.3) is 16.9 Å². The molecule has 0 spiro atoms. The van der Waals surface area contributed by atoms with Crippen molar-refractivity contribution >= 4 is 10.0 Å². The zero-order valence-corrected chi connectivity index (χ0v) is 15.2. The van der Waals surface area contributed by atoms with Crippen LogP contribution in [0.15, 0.2) is 47.4 Å². The predicted molar refractivity (Wildman–Crippen MR) is 94.7 cm³/mol. The number of alkyl halides is 2. The van der Waals surface area contributed by atoms with Gasteiger partial charge in [-0.2, -0.15) is 10.4 Å². The van der Waals surface area contributed by atoms with Crippen LogP contribution in [-0.2, 0) is 10.0 Å². The Kier molecular flexibility index (Phi) is 4.97. The summed E-state index contributed by atoms with van der Waals surface area (Å²) in [4.78, 5) is -0.710. The van der Waals surface area contributed by atoms with E-state index in [4.69, 9.17) is 5.14 Å². The third-order valence-electron chi connectivity index (χ3n) is 4.07. The topological polar surface area (TPSA) is 102 Å². The molecule has 144 valence electrons. The average Bonchev–Trinajstić information content (AvgIpc) is 3.06. The first-order chi connectivity index (χ1) is 13.1. The molecule has 28 heavy (non-hydrogen) atoms. The predicted octanol–water partition coefficient (Wildman–Crippen LogP) is 3.44. The van der Waals surface area contributed by atoms with Crippen molar-refractivity contribution in [3.8, 4) is 23.0 Å². The molecule has 2 aromatic carbocycles. The third kappa shape index (κ3) is 3.62. The maximum absolute atomic E-state index is 14.2. The molecule has 3 aromatic rings. The summed E-state index contributed by atoms with van der Waals surface area (Å²) in [7, 11) is -4.27. The molecular formula is C18H13F3N4O2S. The number of hydrogen-bond donors (Lipinski definition) is 1. The Morgan fingerprint density at radius 3 is 2.46 bits per heavy atom. The number of aromatic nitrogens is 2. The summed E-state index contributed by atoms with van der Waals surface area (Å²) >= 11 is 0. The van der Waals surface area contributed by atoms with Gasteiger partial charge < -0.3 is 0 Å². The van der Waals surface area contributed by atoms with E-state index >= 15 is 0 Å². The number of benzene rings is 2. The summed E-state index contributed by atoms with van der Waals surface area (Å²) in [6, 6.07) is 10.8. The van der Waals surface area contributed by atoms with Gasteiger partial charge in [0.1, 0.15) is 16.4 Å². The van der Waals surface area contributed by atoms with E-state index in [1.807, 2.05) is 6.07 Å². The van der Waals surface area contributed by atoms with Gasteiger partial charge in [0.05, 0.1) is 23.0 Å². The van der Waals surface area contributed by atoms with E-state index in [1.54, 1.807) is 19.1 Å². The molecule has 6 nitrogen and oxygen atoms in total. The van der Waals surface area contributed by atoms with Crippen molar-refractivity contribution in [2.45, 2.75) is 18.2 Å². The highest BCUT2D eigenvalue weighted by molar-refractivity contribution is 7.89. The maximum Gasteiger partial charge on any atom is 0.282 e. The Balaban J connectivity index is 2.22. The first kappa shape index (κ1) is 19.6. The molecule has 0 aliphatic carbocycles. The van der Waals surface area contributed by atoms with Crippen molar-refractivity contribution in [1.29, 1.82) is 5.26 Å². The second-order valence-corrected chi connectivity index (χ2v) is 7.50. The number of rotatable bonds is 4. The number of aryl methyl sites for hydroxylation is 1. The van der Waals surface area contributed by atoms with Crippen LogP contribution in [0.1, 0.15) is 23.2 Å². The molecule has 1 heterocycles. The minimum absolute atomic E-state index is 0.0999. The van der Waals surface area contributed by atoms with Gasteiger partial charge in [0.25, 0.3) is 6.43 Å². The SMILES string of the molecule is Cc1ccc(-n2nc(C(F)F)cc2-c2ccc(S(N)(=O)=O)c(F)c2)cc1C#N. The molecule has 0 aliphatic heterocycles. The average molecular weight is 406 g/mol. The van der Waals surface area contributed by atoms with Crippen molar-refractivity contribution in [3.63, 3.8) is 0 Å². The van der Waals surface area contributed by atoms with Gasteiger partial charge in [0.2, 0.25) is 10.0 Å². The number of nitriles is 1. The lowest BCUT2D eigenvalue weighted by Crippen LogP contribution is -2.14. The second kappa shape index (κ2) is 7.10. The monoisotopic (exact) mass is 406 g/mol. The number of nitrogens with zero attached hydrogens (tertiary/aromatic N) is 3. The molecule has 3 rings (SSSR count). The van der Waals surface area contributed by atoms with Gasteiger partial charge in [0.15, 0.2) is 0 Å². The lowest BCUT2D eigenvalue weighted by atomic mass is 10.1. The van der Waals surface area contributed by atoms with E-state index in [9.17, 15) is 26.9 Å². The van der Waals surface area contributed by atoms with Crippen molar-refractivity contribution in [2.24, 2.45) is 5.14 Å². The summed E-state index contributed by atoms with van der Waals surface area (Å²) < 4.78 is 64.5. The lowest BCUT2D eigenvalue weighted by Gasteiger charge is -2.10. The van der Waals surface area contributed by atoms with Crippen LogP contribution in [0.5, 0.6) is 0 Å². The maximum atomic E-state index is 14.2. The van der Waals surface area contributed by atoms with Crippen molar-refractivity contribution in [2.75, 3.05) is 0 Å². The van der Waals surface area contributed by atoms with Crippen molar-refractivity contribution < 1.29 is 21.6 Å². The van der Waals surface area contributed by atoms with E-state index in [0.717, 1.165) is 22.9 Å². The molecule has 0 radical (unpaired) electrons. The van der Waals surface area contributed by atoms with Crippen LogP contribution < -0.4 is 5.14 Å². The first-order valence-corrected chi connectivity index (χ1v) is 9.38. The number of sulfonamides is 1. The van der Waals surface area contributed by atoms with Gasteiger partial charge in [-0.1, -0.05) is 12.1 Å². The molecule has 2 N–H and O–H groups in total. The fourth-order valence-electron chi connectivity index (χ4n) is 2.66. The third-order valence-corrected chi connectivity index (χ3v) is 5.02. The Hall–Kier alpha value is -3.16. The Bertz CT molecular complexity index is 1210. The Morgan fingerprint density at radius 1 is 1.18 bits per heavy atom. The molecule has 0 bridgehead atoms. The zero-order valence-electron chi connectivity index (χ0n) is 14.4. The molecule has 1 aromatic heterocycles. The molecule has 0 saturated carbocycles. The molecule has 0 aliphatic rings. The number of hydrogen-bond acceptors (Lipinski definition) is 4. The highest BCUT2D eigenvalue weighted by atomic mass is 32.2. The molecule has 0 fully saturated rings. The van der Waals surface area contributed by atoms with E-state index in [1.165, 1.54) is 12.1 Å². The number of halogens is 3. The van der Waals surface area contributed by atoms with Crippen molar-refractivity contribution in [1.82, 2.24) is 9.78 Å². The highest BCUT2D eigenvalue weighted by Gasteiger charge is 2.21. The minimum atomic E-state index is -4.27. The summed E-state index contributed by atoms with van der Waals surface area (Å²) in [6.45, 7) is 1.72. The molecular weight excluding hydrogens is 393 g/mol. The Morgan fingerprint density at radius 2 is 1.89 bits per heavy atom. The summed E-state index contributed by atoms with van der Waals surface area (Å²) in [5, 5.41) is 18.0. The molecule has 0 amide bonds. The van der Waals surface area contributed by atoms with Crippen molar-refractivity contribution in [3.05, 3.63) is 65.1 Å². The van der Waals surface area contributed by atoms with E-state index in [0.29, 0.717) is 16.8 Å². The largest absolute Gasteiger partial charge is 0.282 e.